The molecule has 2 heterocycles. The Morgan fingerprint density at radius 1 is 1.40 bits per heavy atom. The summed E-state index contributed by atoms with van der Waals surface area (Å²) in [5, 5.41) is 10.0. The lowest BCUT2D eigenvalue weighted by atomic mass is 9.99. The number of fused-ring (bicyclic) bond motifs is 1. The normalized spacial score (nSPS) is 10.6. The number of thiophene rings is 1. The molecule has 3 N–H and O–H groups in total. The molecule has 0 unspecified atom stereocenters. The molecule has 3 aromatic rings. The highest BCUT2D eigenvalue weighted by atomic mass is 32.1. The largest absolute Gasteiger partial charge is 0.462 e. The van der Waals surface area contributed by atoms with E-state index in [1.54, 1.807) is 26.0 Å². The van der Waals surface area contributed by atoms with Gasteiger partial charge in [-0.1, -0.05) is 6.07 Å². The van der Waals surface area contributed by atoms with Gasteiger partial charge in [-0.15, -0.1) is 11.3 Å². The number of pyridine rings is 1. The van der Waals surface area contributed by atoms with E-state index in [1.165, 1.54) is 11.3 Å². The topological polar surface area (TPSA) is 109 Å². The van der Waals surface area contributed by atoms with Gasteiger partial charge in [0.1, 0.15) is 16.5 Å². The number of nitrogen functional groups attached to an aromatic ring is 1. The summed E-state index contributed by atoms with van der Waals surface area (Å²) in [5.74, 6) is -0.451. The molecule has 1 aromatic carbocycles. The van der Waals surface area contributed by atoms with Crippen LogP contribution < -0.4 is 11.3 Å². The Kier molecular flexibility index (Phi) is 4.30. The molecule has 0 spiro atoms. The number of nitriles is 1. The van der Waals surface area contributed by atoms with E-state index < -0.39 is 11.5 Å². The number of nitrogens with one attached hydrogen (secondary N) is 1. The number of benzene rings is 1. The van der Waals surface area contributed by atoms with Crippen molar-refractivity contribution in [3.8, 4) is 17.2 Å². The quantitative estimate of drug-likeness (QED) is 0.703. The SMILES string of the molecule is CCOC(=O)c1sc2ccc(-c3cc(C)[nH]c(=O)c3C#N)cc2c1N. The van der Waals surface area contributed by atoms with Crippen LogP contribution in [0, 0.1) is 18.3 Å². The number of aryl methyl sites for hydroxylation is 1. The van der Waals surface area contributed by atoms with E-state index in [2.05, 4.69) is 4.98 Å². The van der Waals surface area contributed by atoms with Gasteiger partial charge in [0, 0.05) is 21.3 Å². The van der Waals surface area contributed by atoms with E-state index in [0.717, 1.165) is 4.70 Å². The number of nitrogens with two attached hydrogens (primary N) is 1. The Hall–Kier alpha value is -3.11. The number of carbonyl (C=O) groups excluding carboxylic acids is 1. The minimum Gasteiger partial charge on any atom is -0.462 e. The fourth-order valence-corrected chi connectivity index (χ4v) is 3.66. The highest BCUT2D eigenvalue weighted by molar-refractivity contribution is 7.21. The molecule has 0 amide bonds. The van der Waals surface area contributed by atoms with Crippen molar-refractivity contribution in [3.63, 3.8) is 0 Å². The zero-order chi connectivity index (χ0) is 18.1. The summed E-state index contributed by atoms with van der Waals surface area (Å²) in [7, 11) is 0. The summed E-state index contributed by atoms with van der Waals surface area (Å²) in [4.78, 5) is 27.0. The van der Waals surface area contributed by atoms with E-state index >= 15 is 0 Å². The fraction of sp³-hybridized carbons (Fsp3) is 0.167. The Bertz CT molecular complexity index is 1090. The Morgan fingerprint density at radius 2 is 2.16 bits per heavy atom. The van der Waals surface area contributed by atoms with Gasteiger partial charge in [0.05, 0.1) is 12.3 Å². The highest BCUT2D eigenvalue weighted by Crippen LogP contribution is 2.37. The summed E-state index contributed by atoms with van der Waals surface area (Å²) in [6.07, 6.45) is 0. The number of anilines is 1. The van der Waals surface area contributed by atoms with Crippen molar-refractivity contribution in [2.45, 2.75) is 13.8 Å². The number of esters is 1. The smallest absolute Gasteiger partial charge is 0.350 e. The summed E-state index contributed by atoms with van der Waals surface area (Å²) < 4.78 is 5.86. The molecule has 3 rings (SSSR count). The van der Waals surface area contributed by atoms with Crippen LogP contribution in [0.5, 0.6) is 0 Å². The molecule has 0 aliphatic rings. The Balaban J connectivity index is 2.21. The lowest BCUT2D eigenvalue weighted by Gasteiger charge is -2.06. The molecule has 25 heavy (non-hydrogen) atoms. The third kappa shape index (κ3) is 2.88. The molecule has 7 heteroatoms. The number of nitrogens with zero attached hydrogens (tertiary/aromatic N) is 1. The van der Waals surface area contributed by atoms with Crippen LogP contribution in [0.4, 0.5) is 5.69 Å². The summed E-state index contributed by atoms with van der Waals surface area (Å²) in [6.45, 7) is 3.76. The second kappa shape index (κ2) is 6.42. The van der Waals surface area contributed by atoms with Crippen molar-refractivity contribution >= 4 is 33.1 Å². The van der Waals surface area contributed by atoms with E-state index in [0.29, 0.717) is 32.8 Å². The monoisotopic (exact) mass is 353 g/mol. The number of carbonyl (C=O) groups is 1. The van der Waals surface area contributed by atoms with Gasteiger partial charge >= 0.3 is 5.97 Å². The number of hydrogen-bond donors (Lipinski definition) is 2. The van der Waals surface area contributed by atoms with Crippen molar-refractivity contribution in [3.05, 3.63) is 50.8 Å². The number of hydrogen-bond acceptors (Lipinski definition) is 6. The van der Waals surface area contributed by atoms with Gasteiger partial charge in [-0.2, -0.15) is 5.26 Å². The predicted octanol–water partition coefficient (Wildman–Crippen LogP) is 3.20. The van der Waals surface area contributed by atoms with Gasteiger partial charge in [-0.05, 0) is 37.6 Å². The molecule has 0 bridgehead atoms. The molecule has 0 radical (unpaired) electrons. The van der Waals surface area contributed by atoms with Crippen LogP contribution in [0.15, 0.2) is 29.1 Å². The molecule has 126 valence electrons. The van der Waals surface area contributed by atoms with Crippen molar-refractivity contribution in [1.29, 1.82) is 5.26 Å². The van der Waals surface area contributed by atoms with Gasteiger partial charge in [-0.3, -0.25) is 4.79 Å². The van der Waals surface area contributed by atoms with Crippen LogP contribution in [0.1, 0.15) is 27.9 Å². The molecule has 0 saturated heterocycles. The molecule has 2 aromatic heterocycles. The molecular formula is C18H15N3O3S. The number of H-pyrrole nitrogens is 1. The first kappa shape index (κ1) is 16.7. The maximum absolute atomic E-state index is 12.0. The lowest BCUT2D eigenvalue weighted by molar-refractivity contribution is 0.0533. The van der Waals surface area contributed by atoms with Gasteiger partial charge in [-0.25, -0.2) is 4.79 Å². The summed E-state index contributed by atoms with van der Waals surface area (Å²) in [6, 6.07) is 9.12. The first-order valence-corrected chi connectivity index (χ1v) is 8.41. The maximum atomic E-state index is 12.0. The zero-order valence-electron chi connectivity index (χ0n) is 13.7. The van der Waals surface area contributed by atoms with E-state index in [4.69, 9.17) is 10.5 Å². The molecule has 0 atom stereocenters. The number of ether oxygens (including phenoxy) is 1. The number of aromatic amines is 1. The Labute approximate surface area is 147 Å². The first-order chi connectivity index (χ1) is 12.0. The van der Waals surface area contributed by atoms with Gasteiger partial charge in [0.25, 0.3) is 5.56 Å². The molecule has 0 aliphatic heterocycles. The average Bonchev–Trinajstić information content (AvgIpc) is 2.91. The van der Waals surface area contributed by atoms with Crippen molar-refractivity contribution < 1.29 is 9.53 Å². The lowest BCUT2D eigenvalue weighted by Crippen LogP contribution is -2.12. The van der Waals surface area contributed by atoms with Crippen LogP contribution in [-0.2, 0) is 4.74 Å². The second-order valence-electron chi connectivity index (χ2n) is 5.46. The van der Waals surface area contributed by atoms with Crippen LogP contribution in [0.2, 0.25) is 0 Å². The van der Waals surface area contributed by atoms with E-state index in [9.17, 15) is 14.9 Å². The predicted molar refractivity (Wildman–Crippen MR) is 97.7 cm³/mol. The van der Waals surface area contributed by atoms with Gasteiger partial charge < -0.3 is 15.5 Å². The molecule has 0 saturated carbocycles. The number of aromatic nitrogens is 1. The van der Waals surface area contributed by atoms with Crippen LogP contribution in [0.3, 0.4) is 0 Å². The van der Waals surface area contributed by atoms with Crippen molar-refractivity contribution in [2.24, 2.45) is 0 Å². The van der Waals surface area contributed by atoms with E-state index in [1.807, 2.05) is 18.2 Å². The van der Waals surface area contributed by atoms with E-state index in [-0.39, 0.29) is 12.2 Å². The van der Waals surface area contributed by atoms with Crippen molar-refractivity contribution in [2.75, 3.05) is 12.3 Å². The first-order valence-electron chi connectivity index (χ1n) is 7.59. The third-order valence-corrected chi connectivity index (χ3v) is 4.94. The van der Waals surface area contributed by atoms with Gasteiger partial charge in [0.2, 0.25) is 0 Å². The minimum atomic E-state index is -0.451. The standard InChI is InChI=1S/C18H15N3O3S/c1-3-24-18(23)16-15(20)12-7-10(4-5-14(12)25-16)11-6-9(2)21-17(22)13(11)8-19/h4-7H,3,20H2,1-2H3,(H,21,22). The fourth-order valence-electron chi connectivity index (χ4n) is 2.66. The molecule has 0 aliphatic carbocycles. The third-order valence-electron chi connectivity index (χ3n) is 3.78. The van der Waals surface area contributed by atoms with Gasteiger partial charge in [0.15, 0.2) is 0 Å². The summed E-state index contributed by atoms with van der Waals surface area (Å²) >= 11 is 1.26. The second-order valence-corrected chi connectivity index (χ2v) is 6.51. The average molecular weight is 353 g/mol. The summed E-state index contributed by atoms with van der Waals surface area (Å²) in [5.41, 5.74) is 7.98. The van der Waals surface area contributed by atoms with Crippen molar-refractivity contribution in [1.82, 2.24) is 4.98 Å². The zero-order valence-corrected chi connectivity index (χ0v) is 14.5. The van der Waals surface area contributed by atoms with Crippen LogP contribution >= 0.6 is 11.3 Å². The minimum absolute atomic E-state index is 0.0457. The highest BCUT2D eigenvalue weighted by Gasteiger charge is 2.18. The maximum Gasteiger partial charge on any atom is 0.350 e. The van der Waals surface area contributed by atoms with Crippen LogP contribution in [0.25, 0.3) is 21.2 Å². The molecular weight excluding hydrogens is 338 g/mol. The number of rotatable bonds is 3. The molecule has 0 fully saturated rings. The van der Waals surface area contributed by atoms with Crippen LogP contribution in [-0.4, -0.2) is 17.6 Å². The molecule has 6 nitrogen and oxygen atoms in total. The Morgan fingerprint density at radius 3 is 2.84 bits per heavy atom.